The Balaban J connectivity index is 2.29. The first-order chi connectivity index (χ1) is 8.33. The van der Waals surface area contributed by atoms with E-state index in [2.05, 4.69) is 27.4 Å². The maximum Gasteiger partial charge on any atom is 0.130 e. The predicted molar refractivity (Wildman–Crippen MR) is 65.4 cm³/mol. The molecule has 0 radical (unpaired) electrons. The largest absolute Gasteiger partial charge is 0.336 e. The molecule has 0 saturated heterocycles. The maximum atomic E-state index is 4.40. The molecule has 0 amide bonds. The summed E-state index contributed by atoms with van der Waals surface area (Å²) in [6.45, 7) is 3.09. The van der Waals surface area contributed by atoms with E-state index in [0.29, 0.717) is 0 Å². The van der Waals surface area contributed by atoms with Crippen LogP contribution in [-0.2, 0) is 7.05 Å². The molecular weight excluding hydrogens is 214 g/mol. The van der Waals surface area contributed by atoms with Gasteiger partial charge in [-0.1, -0.05) is 6.92 Å². The van der Waals surface area contributed by atoms with Gasteiger partial charge in [-0.15, -0.1) is 0 Å². The van der Waals surface area contributed by atoms with E-state index < -0.39 is 0 Å². The fourth-order valence-electron chi connectivity index (χ4n) is 1.77. The van der Waals surface area contributed by atoms with E-state index >= 15 is 0 Å². The molecule has 2 rings (SSSR count). The number of rotatable bonds is 5. The average Bonchev–Trinajstić information content (AvgIpc) is 2.78. The fraction of sp³-hybridized carbons (Fsp3) is 0.417. The van der Waals surface area contributed by atoms with Gasteiger partial charge in [-0.25, -0.2) is 4.98 Å². The zero-order chi connectivity index (χ0) is 12.1. The number of imidazole rings is 1. The van der Waals surface area contributed by atoms with Crippen LogP contribution in [0.1, 0.15) is 30.8 Å². The molecule has 1 N–H and O–H groups in total. The van der Waals surface area contributed by atoms with E-state index in [9.17, 15) is 0 Å². The summed E-state index contributed by atoms with van der Waals surface area (Å²) in [5, 5.41) is 11.2. The third-order valence-electron chi connectivity index (χ3n) is 2.66. The number of aryl methyl sites for hydroxylation is 1. The van der Waals surface area contributed by atoms with Gasteiger partial charge in [0.2, 0.25) is 0 Å². The van der Waals surface area contributed by atoms with Crippen molar-refractivity contribution in [2.75, 3.05) is 6.54 Å². The second kappa shape index (κ2) is 5.54. The van der Waals surface area contributed by atoms with Crippen LogP contribution >= 0.6 is 0 Å². The molecule has 90 valence electrons. The Hall–Kier alpha value is -1.75. The van der Waals surface area contributed by atoms with E-state index in [-0.39, 0.29) is 6.04 Å². The molecule has 0 aliphatic heterocycles. The van der Waals surface area contributed by atoms with Crippen LogP contribution in [0.25, 0.3) is 0 Å². The van der Waals surface area contributed by atoms with E-state index in [4.69, 9.17) is 0 Å². The molecule has 0 fully saturated rings. The third kappa shape index (κ3) is 2.68. The minimum Gasteiger partial charge on any atom is -0.336 e. The smallest absolute Gasteiger partial charge is 0.130 e. The molecule has 0 aliphatic rings. The lowest BCUT2D eigenvalue weighted by Gasteiger charge is -2.18. The normalized spacial score (nSPS) is 12.6. The van der Waals surface area contributed by atoms with Gasteiger partial charge in [0.05, 0.1) is 12.2 Å². The van der Waals surface area contributed by atoms with Gasteiger partial charge >= 0.3 is 0 Å². The quantitative estimate of drug-likeness (QED) is 0.842. The molecule has 1 atom stereocenters. The molecular formula is C12H17N5. The van der Waals surface area contributed by atoms with Crippen LogP contribution in [-0.4, -0.2) is 26.3 Å². The molecule has 0 saturated carbocycles. The summed E-state index contributed by atoms with van der Waals surface area (Å²) < 4.78 is 2.02. The maximum absolute atomic E-state index is 4.40. The van der Waals surface area contributed by atoms with Gasteiger partial charge in [0, 0.05) is 25.6 Å². The van der Waals surface area contributed by atoms with Crippen molar-refractivity contribution in [3.05, 3.63) is 42.2 Å². The van der Waals surface area contributed by atoms with Crippen molar-refractivity contribution >= 4 is 0 Å². The van der Waals surface area contributed by atoms with Gasteiger partial charge in [-0.2, -0.15) is 10.2 Å². The van der Waals surface area contributed by atoms with Crippen LogP contribution in [0.5, 0.6) is 0 Å². The number of nitrogens with zero attached hydrogens (tertiary/aromatic N) is 4. The van der Waals surface area contributed by atoms with Gasteiger partial charge in [0.25, 0.3) is 0 Å². The van der Waals surface area contributed by atoms with Crippen molar-refractivity contribution in [2.45, 2.75) is 19.4 Å². The highest BCUT2D eigenvalue weighted by Gasteiger charge is 2.17. The number of aromatic nitrogens is 4. The topological polar surface area (TPSA) is 55.6 Å². The zero-order valence-corrected chi connectivity index (χ0v) is 10.2. The number of nitrogens with one attached hydrogen (secondary N) is 1. The molecule has 2 heterocycles. The molecule has 0 spiro atoms. The van der Waals surface area contributed by atoms with Crippen molar-refractivity contribution in [3.8, 4) is 0 Å². The molecule has 5 heteroatoms. The van der Waals surface area contributed by atoms with E-state index in [1.165, 1.54) is 0 Å². The van der Waals surface area contributed by atoms with Crippen LogP contribution in [0.4, 0.5) is 0 Å². The summed E-state index contributed by atoms with van der Waals surface area (Å²) in [7, 11) is 2.00. The predicted octanol–water partition coefficient (Wildman–Crippen LogP) is 1.30. The van der Waals surface area contributed by atoms with Crippen LogP contribution in [0.3, 0.4) is 0 Å². The highest BCUT2D eigenvalue weighted by Crippen LogP contribution is 2.18. The van der Waals surface area contributed by atoms with Gasteiger partial charge in [0.1, 0.15) is 5.82 Å². The molecule has 2 aromatic heterocycles. The molecule has 0 aromatic carbocycles. The second-order valence-corrected chi connectivity index (χ2v) is 3.96. The Bertz CT molecular complexity index is 451. The number of hydrogen-bond acceptors (Lipinski definition) is 4. The van der Waals surface area contributed by atoms with E-state index in [1.54, 1.807) is 12.4 Å². The van der Waals surface area contributed by atoms with Crippen molar-refractivity contribution in [2.24, 2.45) is 7.05 Å². The van der Waals surface area contributed by atoms with Crippen molar-refractivity contribution in [1.29, 1.82) is 0 Å². The van der Waals surface area contributed by atoms with Crippen molar-refractivity contribution < 1.29 is 0 Å². The summed E-state index contributed by atoms with van der Waals surface area (Å²) >= 11 is 0. The SMILES string of the molecule is CCCNC(c1ccnnc1)c1nccn1C. The summed E-state index contributed by atoms with van der Waals surface area (Å²) in [5.74, 6) is 0.992. The lowest BCUT2D eigenvalue weighted by atomic mass is 10.1. The minimum atomic E-state index is 0.0745. The summed E-state index contributed by atoms with van der Waals surface area (Å²) in [6.07, 6.45) is 8.33. The Morgan fingerprint density at radius 2 is 2.24 bits per heavy atom. The van der Waals surface area contributed by atoms with Gasteiger partial charge in [0.15, 0.2) is 0 Å². The zero-order valence-electron chi connectivity index (χ0n) is 10.2. The summed E-state index contributed by atoms with van der Waals surface area (Å²) in [6, 6.07) is 2.04. The van der Waals surface area contributed by atoms with Gasteiger partial charge in [-0.3, -0.25) is 0 Å². The standard InChI is InChI=1S/C12H17N5/c1-3-5-13-11(10-4-6-15-16-9-10)12-14-7-8-17(12)2/h4,6-9,11,13H,3,5H2,1-2H3. The summed E-state index contributed by atoms with van der Waals surface area (Å²) in [4.78, 5) is 4.40. The molecule has 0 bridgehead atoms. The minimum absolute atomic E-state index is 0.0745. The summed E-state index contributed by atoms with van der Waals surface area (Å²) in [5.41, 5.74) is 1.09. The molecule has 1 unspecified atom stereocenters. The first-order valence-electron chi connectivity index (χ1n) is 5.80. The highest BCUT2D eigenvalue weighted by molar-refractivity contribution is 5.20. The van der Waals surface area contributed by atoms with Gasteiger partial charge in [-0.05, 0) is 24.6 Å². The van der Waals surface area contributed by atoms with Crippen LogP contribution in [0.2, 0.25) is 0 Å². The van der Waals surface area contributed by atoms with E-state index in [1.807, 2.05) is 30.1 Å². The first-order valence-corrected chi connectivity index (χ1v) is 5.80. The molecule has 17 heavy (non-hydrogen) atoms. The van der Waals surface area contributed by atoms with Gasteiger partial charge < -0.3 is 9.88 Å². The Kier molecular flexibility index (Phi) is 3.82. The highest BCUT2D eigenvalue weighted by atomic mass is 15.1. The Labute approximate surface area is 101 Å². The first kappa shape index (κ1) is 11.7. The second-order valence-electron chi connectivity index (χ2n) is 3.96. The lowest BCUT2D eigenvalue weighted by molar-refractivity contribution is 0.553. The Morgan fingerprint density at radius 1 is 1.35 bits per heavy atom. The average molecular weight is 231 g/mol. The van der Waals surface area contributed by atoms with Crippen LogP contribution < -0.4 is 5.32 Å². The molecule has 2 aromatic rings. The van der Waals surface area contributed by atoms with E-state index in [0.717, 1.165) is 24.4 Å². The third-order valence-corrected chi connectivity index (χ3v) is 2.66. The van der Waals surface area contributed by atoms with Crippen LogP contribution in [0, 0.1) is 0 Å². The molecule has 5 nitrogen and oxygen atoms in total. The van der Waals surface area contributed by atoms with Crippen LogP contribution in [0.15, 0.2) is 30.9 Å². The van der Waals surface area contributed by atoms with Crippen molar-refractivity contribution in [1.82, 2.24) is 25.1 Å². The monoisotopic (exact) mass is 231 g/mol. The lowest BCUT2D eigenvalue weighted by Crippen LogP contribution is -2.25. The van der Waals surface area contributed by atoms with Crippen molar-refractivity contribution in [3.63, 3.8) is 0 Å². The number of hydrogen-bond donors (Lipinski definition) is 1. The Morgan fingerprint density at radius 3 is 2.82 bits per heavy atom. The molecule has 0 aliphatic carbocycles. The fourth-order valence-corrected chi connectivity index (χ4v) is 1.77.